The Morgan fingerprint density at radius 2 is 1.65 bits per heavy atom. The Morgan fingerprint density at radius 3 is 2.29 bits per heavy atom. The number of anilines is 1. The minimum absolute atomic E-state index is 0.210. The van der Waals surface area contributed by atoms with E-state index in [-0.39, 0.29) is 4.90 Å². The van der Waals surface area contributed by atoms with E-state index in [4.69, 9.17) is 21.7 Å². The van der Waals surface area contributed by atoms with Gasteiger partial charge in [-0.3, -0.25) is 4.72 Å². The van der Waals surface area contributed by atoms with Crippen molar-refractivity contribution in [2.45, 2.75) is 24.7 Å². The van der Waals surface area contributed by atoms with Gasteiger partial charge < -0.3 is 9.47 Å². The van der Waals surface area contributed by atoms with Gasteiger partial charge in [-0.1, -0.05) is 48.6 Å². The molecule has 162 valence electrons. The van der Waals surface area contributed by atoms with Crippen LogP contribution in [0.5, 0.6) is 11.5 Å². The number of aryl methyl sites for hydroxylation is 1. The number of para-hydroxylation sites is 1. The average molecular weight is 456 g/mol. The van der Waals surface area contributed by atoms with Crippen molar-refractivity contribution in [2.75, 3.05) is 18.9 Å². The summed E-state index contributed by atoms with van der Waals surface area (Å²) in [6.45, 7) is 1.86. The van der Waals surface area contributed by atoms with Gasteiger partial charge in [0.15, 0.2) is 0 Å². The van der Waals surface area contributed by atoms with Crippen LogP contribution in [0, 0.1) is 6.92 Å². The number of benzene rings is 3. The maximum absolute atomic E-state index is 12.7. The van der Waals surface area contributed by atoms with Gasteiger partial charge in [-0.25, -0.2) is 8.42 Å². The molecule has 0 aliphatic rings. The molecule has 0 saturated heterocycles. The molecule has 0 unspecified atom stereocenters. The Balaban J connectivity index is 1.68. The normalized spacial score (nSPS) is 11.1. The SMILES string of the molecule is COc1ccc(CC(=S)Cc2ccc(S(=O)(=O)Nc3ccccc3C)cc2)c(OC)c1. The molecular weight excluding hydrogens is 430 g/mol. The zero-order chi connectivity index (χ0) is 22.4. The summed E-state index contributed by atoms with van der Waals surface area (Å²) in [7, 11) is -0.429. The van der Waals surface area contributed by atoms with Gasteiger partial charge in [-0.2, -0.15) is 0 Å². The first-order chi connectivity index (χ1) is 14.8. The van der Waals surface area contributed by atoms with E-state index in [0.717, 1.165) is 33.1 Å². The van der Waals surface area contributed by atoms with Crippen molar-refractivity contribution in [1.82, 2.24) is 0 Å². The number of sulfonamides is 1. The van der Waals surface area contributed by atoms with E-state index in [0.29, 0.717) is 18.5 Å². The number of methoxy groups -OCH3 is 2. The highest BCUT2D eigenvalue weighted by Crippen LogP contribution is 2.26. The number of nitrogens with one attached hydrogen (secondary N) is 1. The number of hydrogen-bond donors (Lipinski definition) is 1. The lowest BCUT2D eigenvalue weighted by Crippen LogP contribution is -2.14. The number of thiocarbonyl (C=S) groups is 1. The van der Waals surface area contributed by atoms with E-state index in [1.807, 2.05) is 37.3 Å². The standard InChI is InChI=1S/C24H25NO4S2/c1-17-6-4-5-7-23(17)25-31(26,27)22-12-8-18(9-13-22)14-21(30)15-19-10-11-20(28-2)16-24(19)29-3/h4-13,16,25H,14-15H2,1-3H3. The van der Waals surface area contributed by atoms with E-state index in [9.17, 15) is 8.42 Å². The van der Waals surface area contributed by atoms with Crippen LogP contribution in [0.3, 0.4) is 0 Å². The summed E-state index contributed by atoms with van der Waals surface area (Å²) in [6, 6.07) is 19.7. The molecule has 0 fully saturated rings. The third-order valence-electron chi connectivity index (χ3n) is 4.91. The molecule has 0 aliphatic carbocycles. The lowest BCUT2D eigenvalue weighted by atomic mass is 10.0. The smallest absolute Gasteiger partial charge is 0.261 e. The monoisotopic (exact) mass is 455 g/mol. The first kappa shape index (κ1) is 22.8. The van der Waals surface area contributed by atoms with E-state index in [2.05, 4.69) is 4.72 Å². The van der Waals surface area contributed by atoms with Gasteiger partial charge in [0.2, 0.25) is 0 Å². The molecule has 31 heavy (non-hydrogen) atoms. The van der Waals surface area contributed by atoms with Gasteiger partial charge in [0.25, 0.3) is 10.0 Å². The summed E-state index contributed by atoms with van der Waals surface area (Å²) in [5.41, 5.74) is 3.37. The highest BCUT2D eigenvalue weighted by Gasteiger charge is 2.15. The molecule has 1 N–H and O–H groups in total. The van der Waals surface area contributed by atoms with Crippen molar-refractivity contribution in [2.24, 2.45) is 0 Å². The van der Waals surface area contributed by atoms with Gasteiger partial charge in [0.05, 0.1) is 24.8 Å². The number of rotatable bonds is 9. The second-order valence-corrected chi connectivity index (χ2v) is 9.39. The highest BCUT2D eigenvalue weighted by atomic mass is 32.2. The van der Waals surface area contributed by atoms with Gasteiger partial charge in [0, 0.05) is 23.8 Å². The van der Waals surface area contributed by atoms with Crippen LogP contribution in [0.25, 0.3) is 0 Å². The molecular formula is C24H25NO4S2. The Kier molecular flexibility index (Phi) is 7.30. The third-order valence-corrected chi connectivity index (χ3v) is 6.58. The lowest BCUT2D eigenvalue weighted by Gasteiger charge is -2.12. The molecule has 7 heteroatoms. The Bertz CT molecular complexity index is 1170. The van der Waals surface area contributed by atoms with Crippen LogP contribution in [0.15, 0.2) is 71.6 Å². The van der Waals surface area contributed by atoms with Crippen molar-refractivity contribution in [3.8, 4) is 11.5 Å². The van der Waals surface area contributed by atoms with Crippen molar-refractivity contribution >= 4 is 32.8 Å². The summed E-state index contributed by atoms with van der Waals surface area (Å²) >= 11 is 5.58. The molecule has 0 aliphatic heterocycles. The first-order valence-electron chi connectivity index (χ1n) is 9.72. The van der Waals surface area contributed by atoms with E-state index in [1.165, 1.54) is 0 Å². The van der Waals surface area contributed by atoms with Crippen LogP contribution in [0.2, 0.25) is 0 Å². The van der Waals surface area contributed by atoms with E-state index >= 15 is 0 Å². The van der Waals surface area contributed by atoms with Gasteiger partial charge >= 0.3 is 0 Å². The minimum Gasteiger partial charge on any atom is -0.497 e. The van der Waals surface area contributed by atoms with Crippen LogP contribution in [0.1, 0.15) is 16.7 Å². The summed E-state index contributed by atoms with van der Waals surface area (Å²) in [4.78, 5) is 1.04. The summed E-state index contributed by atoms with van der Waals surface area (Å²) in [6.07, 6.45) is 1.15. The van der Waals surface area contributed by atoms with Crippen LogP contribution >= 0.6 is 12.2 Å². The fourth-order valence-electron chi connectivity index (χ4n) is 3.18. The zero-order valence-electron chi connectivity index (χ0n) is 17.7. The van der Waals surface area contributed by atoms with Crippen LogP contribution in [0.4, 0.5) is 5.69 Å². The summed E-state index contributed by atoms with van der Waals surface area (Å²) in [5, 5.41) is 0. The Hall–Kier alpha value is -2.90. The molecule has 0 radical (unpaired) electrons. The quantitative estimate of drug-likeness (QED) is 0.462. The largest absolute Gasteiger partial charge is 0.497 e. The van der Waals surface area contributed by atoms with Gasteiger partial charge in [-0.15, -0.1) is 0 Å². The van der Waals surface area contributed by atoms with Crippen LogP contribution < -0.4 is 14.2 Å². The molecule has 0 atom stereocenters. The molecule has 0 bridgehead atoms. The number of hydrogen-bond acceptors (Lipinski definition) is 5. The second kappa shape index (κ2) is 9.94. The molecule has 0 heterocycles. The topological polar surface area (TPSA) is 64.6 Å². The van der Waals surface area contributed by atoms with Gasteiger partial charge in [-0.05, 0) is 47.9 Å². The fraction of sp³-hybridized carbons (Fsp3) is 0.208. The lowest BCUT2D eigenvalue weighted by molar-refractivity contribution is 0.392. The maximum Gasteiger partial charge on any atom is 0.261 e. The summed E-state index contributed by atoms with van der Waals surface area (Å²) in [5.74, 6) is 1.45. The molecule has 0 amide bonds. The van der Waals surface area contributed by atoms with Gasteiger partial charge in [0.1, 0.15) is 11.5 Å². The molecule has 0 saturated carbocycles. The van der Waals surface area contributed by atoms with Crippen LogP contribution in [-0.2, 0) is 22.9 Å². The Morgan fingerprint density at radius 1 is 0.935 bits per heavy atom. The average Bonchev–Trinajstić information content (AvgIpc) is 2.76. The molecule has 0 spiro atoms. The predicted molar refractivity (Wildman–Crippen MR) is 128 cm³/mol. The maximum atomic E-state index is 12.7. The summed E-state index contributed by atoms with van der Waals surface area (Å²) < 4.78 is 38.7. The van der Waals surface area contributed by atoms with Crippen molar-refractivity contribution in [1.29, 1.82) is 0 Å². The van der Waals surface area contributed by atoms with Crippen molar-refractivity contribution in [3.05, 3.63) is 83.4 Å². The van der Waals surface area contributed by atoms with Crippen LogP contribution in [-0.4, -0.2) is 27.5 Å². The molecule has 3 rings (SSSR count). The second-order valence-electron chi connectivity index (χ2n) is 7.13. The third kappa shape index (κ3) is 5.83. The number of ether oxygens (including phenoxy) is 2. The molecule has 0 aromatic heterocycles. The molecule has 5 nitrogen and oxygen atoms in total. The molecule has 3 aromatic rings. The zero-order valence-corrected chi connectivity index (χ0v) is 19.3. The van der Waals surface area contributed by atoms with E-state index in [1.54, 1.807) is 50.6 Å². The minimum atomic E-state index is -3.66. The highest BCUT2D eigenvalue weighted by molar-refractivity contribution is 7.92. The van der Waals surface area contributed by atoms with Crippen molar-refractivity contribution in [3.63, 3.8) is 0 Å². The van der Waals surface area contributed by atoms with E-state index < -0.39 is 10.0 Å². The predicted octanol–water partition coefficient (Wildman–Crippen LogP) is 4.97. The fourth-order valence-corrected chi connectivity index (χ4v) is 4.63. The first-order valence-corrected chi connectivity index (χ1v) is 11.6. The Labute approximate surface area is 189 Å². The van der Waals surface area contributed by atoms with Crippen molar-refractivity contribution < 1.29 is 17.9 Å². The molecule has 3 aromatic carbocycles.